The van der Waals surface area contributed by atoms with Crippen LogP contribution >= 0.6 is 22.9 Å². The molecule has 0 aliphatic carbocycles. The van der Waals surface area contributed by atoms with Crippen molar-refractivity contribution in [2.24, 2.45) is 0 Å². The van der Waals surface area contributed by atoms with Crippen LogP contribution in [0.4, 0.5) is 0 Å². The Hall–Kier alpha value is -1.91. The van der Waals surface area contributed by atoms with Gasteiger partial charge >= 0.3 is 0 Å². The quantitative estimate of drug-likeness (QED) is 0.726. The average molecular weight is 454 g/mol. The number of hydroxylamine groups is 1. The van der Waals surface area contributed by atoms with Gasteiger partial charge in [-0.2, -0.15) is 4.31 Å². The zero-order valence-electron chi connectivity index (χ0n) is 15.4. The average Bonchev–Trinajstić information content (AvgIpc) is 3.37. The first kappa shape index (κ1) is 20.4. The molecule has 0 bridgehead atoms. The first-order valence-corrected chi connectivity index (χ1v) is 11.8. The molecular formula is C19H20ClN3O4S2. The monoisotopic (exact) mass is 453 g/mol. The molecule has 10 heteroatoms. The number of hydrogen-bond donors (Lipinski definition) is 2. The van der Waals surface area contributed by atoms with Crippen molar-refractivity contribution in [1.82, 2.24) is 15.1 Å². The van der Waals surface area contributed by atoms with Gasteiger partial charge in [0.15, 0.2) is 0 Å². The standard InChI is InChI=1S/C19H20ClN3O4S2/c20-14-3-5-16(6-4-14)29(25,26)23-9-7-19(8-10-23)12-17(22-27-19)18(24)21-13-15-2-1-11-28-15/h1-6,11-12,22H,7-10,13H2,(H,21,24). The molecule has 0 unspecified atom stereocenters. The van der Waals surface area contributed by atoms with Gasteiger partial charge in [0.1, 0.15) is 11.3 Å². The van der Waals surface area contributed by atoms with Crippen LogP contribution in [-0.2, 0) is 26.2 Å². The molecule has 0 radical (unpaired) electrons. The normalized spacial score (nSPS) is 19.0. The Kier molecular flexibility index (Phi) is 5.67. The molecule has 154 valence electrons. The second kappa shape index (κ2) is 8.08. The van der Waals surface area contributed by atoms with Crippen LogP contribution in [-0.4, -0.2) is 37.3 Å². The SMILES string of the molecule is O=C(NCc1cccs1)C1=CC2(CCN(S(=O)(=O)c3ccc(Cl)cc3)CC2)ON1. The maximum absolute atomic E-state index is 12.8. The molecule has 3 heterocycles. The molecule has 1 spiro atoms. The maximum Gasteiger partial charge on any atom is 0.269 e. The fraction of sp³-hybridized carbons (Fsp3) is 0.316. The third-order valence-electron chi connectivity index (χ3n) is 5.04. The number of carbonyl (C=O) groups is 1. The van der Waals surface area contributed by atoms with Crippen LogP contribution in [0, 0.1) is 0 Å². The van der Waals surface area contributed by atoms with Crippen molar-refractivity contribution in [3.63, 3.8) is 0 Å². The predicted octanol–water partition coefficient (Wildman–Crippen LogP) is 2.66. The highest BCUT2D eigenvalue weighted by atomic mass is 35.5. The van der Waals surface area contributed by atoms with Gasteiger partial charge in [-0.15, -0.1) is 11.3 Å². The molecule has 1 aromatic carbocycles. The molecule has 1 amide bonds. The third-order valence-corrected chi connectivity index (χ3v) is 8.08. The van der Waals surface area contributed by atoms with Gasteiger partial charge in [0.2, 0.25) is 10.0 Å². The van der Waals surface area contributed by atoms with Crippen LogP contribution < -0.4 is 10.8 Å². The van der Waals surface area contributed by atoms with E-state index in [1.807, 2.05) is 17.5 Å². The summed E-state index contributed by atoms with van der Waals surface area (Å²) in [4.78, 5) is 19.3. The highest BCUT2D eigenvalue weighted by molar-refractivity contribution is 7.89. The Labute approximate surface area is 178 Å². The van der Waals surface area contributed by atoms with E-state index < -0.39 is 15.6 Å². The maximum atomic E-state index is 12.8. The zero-order chi connectivity index (χ0) is 20.5. The van der Waals surface area contributed by atoms with E-state index in [0.717, 1.165) is 4.88 Å². The molecule has 1 aromatic heterocycles. The smallest absolute Gasteiger partial charge is 0.269 e. The van der Waals surface area contributed by atoms with Crippen LogP contribution in [0.25, 0.3) is 0 Å². The number of hydrogen-bond acceptors (Lipinski definition) is 6. The lowest BCUT2D eigenvalue weighted by Crippen LogP contribution is -2.46. The Bertz CT molecular complexity index is 1010. The van der Waals surface area contributed by atoms with E-state index in [2.05, 4.69) is 10.8 Å². The van der Waals surface area contributed by atoms with Crippen molar-refractivity contribution >= 4 is 38.9 Å². The van der Waals surface area contributed by atoms with Gasteiger partial charge < -0.3 is 5.32 Å². The summed E-state index contributed by atoms with van der Waals surface area (Å²) in [5.74, 6) is -0.244. The number of sulfonamides is 1. The molecule has 7 nitrogen and oxygen atoms in total. The van der Waals surface area contributed by atoms with Crippen molar-refractivity contribution < 1.29 is 18.0 Å². The molecular weight excluding hydrogens is 434 g/mol. The number of amides is 1. The highest BCUT2D eigenvalue weighted by Gasteiger charge is 2.42. The minimum atomic E-state index is -3.59. The summed E-state index contributed by atoms with van der Waals surface area (Å²) in [6, 6.07) is 10.0. The summed E-state index contributed by atoms with van der Waals surface area (Å²) in [7, 11) is -3.59. The predicted molar refractivity (Wildman–Crippen MR) is 111 cm³/mol. The van der Waals surface area contributed by atoms with Crippen molar-refractivity contribution in [3.05, 3.63) is 63.5 Å². The van der Waals surface area contributed by atoms with Gasteiger partial charge in [-0.05, 0) is 54.6 Å². The van der Waals surface area contributed by atoms with E-state index in [4.69, 9.17) is 16.4 Å². The van der Waals surface area contributed by atoms with E-state index in [9.17, 15) is 13.2 Å². The Balaban J connectivity index is 1.38. The summed E-state index contributed by atoms with van der Waals surface area (Å²) in [6.45, 7) is 1.05. The van der Waals surface area contributed by atoms with Gasteiger partial charge in [0.05, 0.1) is 11.4 Å². The van der Waals surface area contributed by atoms with Crippen molar-refractivity contribution in [2.75, 3.05) is 13.1 Å². The van der Waals surface area contributed by atoms with E-state index in [1.54, 1.807) is 29.5 Å². The van der Waals surface area contributed by atoms with Crippen molar-refractivity contribution in [2.45, 2.75) is 29.9 Å². The van der Waals surface area contributed by atoms with Crippen LogP contribution in [0.3, 0.4) is 0 Å². The number of benzene rings is 1. The summed E-state index contributed by atoms with van der Waals surface area (Å²) in [6.07, 6.45) is 2.67. The van der Waals surface area contributed by atoms with Gasteiger partial charge in [-0.1, -0.05) is 17.7 Å². The lowest BCUT2D eigenvalue weighted by atomic mass is 9.92. The second-order valence-electron chi connectivity index (χ2n) is 6.95. The molecule has 29 heavy (non-hydrogen) atoms. The topological polar surface area (TPSA) is 87.7 Å². The lowest BCUT2D eigenvalue weighted by Gasteiger charge is -2.35. The van der Waals surface area contributed by atoms with Gasteiger partial charge in [0.25, 0.3) is 5.91 Å². The molecule has 1 fully saturated rings. The number of nitrogens with zero attached hydrogens (tertiary/aromatic N) is 1. The van der Waals surface area contributed by atoms with Crippen LogP contribution in [0.15, 0.2) is 58.4 Å². The van der Waals surface area contributed by atoms with Crippen LogP contribution in [0.1, 0.15) is 17.7 Å². The van der Waals surface area contributed by atoms with E-state index in [0.29, 0.717) is 43.2 Å². The highest BCUT2D eigenvalue weighted by Crippen LogP contribution is 2.34. The largest absolute Gasteiger partial charge is 0.346 e. The van der Waals surface area contributed by atoms with E-state index in [1.165, 1.54) is 16.4 Å². The van der Waals surface area contributed by atoms with Crippen molar-refractivity contribution in [3.8, 4) is 0 Å². The first-order valence-electron chi connectivity index (χ1n) is 9.11. The lowest BCUT2D eigenvalue weighted by molar-refractivity contribution is -0.120. The number of carbonyl (C=O) groups excluding carboxylic acids is 1. The Morgan fingerprint density at radius 2 is 1.97 bits per heavy atom. The first-order chi connectivity index (χ1) is 13.9. The molecule has 0 saturated carbocycles. The number of halogens is 1. The number of rotatable bonds is 5. The Morgan fingerprint density at radius 3 is 2.62 bits per heavy atom. The fourth-order valence-electron chi connectivity index (χ4n) is 3.37. The second-order valence-corrected chi connectivity index (χ2v) is 10.4. The van der Waals surface area contributed by atoms with Gasteiger partial charge in [-0.25, -0.2) is 8.42 Å². The third kappa shape index (κ3) is 4.34. The summed E-state index contributed by atoms with van der Waals surface area (Å²) in [5, 5.41) is 5.30. The zero-order valence-corrected chi connectivity index (χ0v) is 17.8. The molecule has 0 atom stereocenters. The number of thiophene rings is 1. The minimum absolute atomic E-state index is 0.215. The molecule has 4 rings (SSSR count). The molecule has 2 aliphatic heterocycles. The minimum Gasteiger partial charge on any atom is -0.346 e. The van der Waals surface area contributed by atoms with Crippen LogP contribution in [0.2, 0.25) is 5.02 Å². The van der Waals surface area contributed by atoms with Crippen LogP contribution in [0.5, 0.6) is 0 Å². The van der Waals surface area contributed by atoms with Gasteiger partial charge in [0, 0.05) is 23.0 Å². The number of piperidine rings is 1. The van der Waals surface area contributed by atoms with E-state index in [-0.39, 0.29) is 10.8 Å². The molecule has 2 aromatic rings. The summed E-state index contributed by atoms with van der Waals surface area (Å²) in [5.41, 5.74) is 2.39. The molecule has 1 saturated heterocycles. The molecule has 2 N–H and O–H groups in total. The Morgan fingerprint density at radius 1 is 1.24 bits per heavy atom. The van der Waals surface area contributed by atoms with Crippen molar-refractivity contribution in [1.29, 1.82) is 0 Å². The number of nitrogens with one attached hydrogen (secondary N) is 2. The fourth-order valence-corrected chi connectivity index (χ4v) is 5.59. The molecule has 2 aliphatic rings. The summed E-state index contributed by atoms with van der Waals surface area (Å²) < 4.78 is 27.1. The van der Waals surface area contributed by atoms with Gasteiger partial charge in [-0.3, -0.25) is 15.1 Å². The summed E-state index contributed by atoms with van der Waals surface area (Å²) >= 11 is 7.42. The van der Waals surface area contributed by atoms with E-state index >= 15 is 0 Å².